The summed E-state index contributed by atoms with van der Waals surface area (Å²) in [7, 11) is 0. The van der Waals surface area contributed by atoms with E-state index in [9.17, 15) is 9.59 Å². The number of carboxylic acid groups (broad SMARTS) is 1. The van der Waals surface area contributed by atoms with Gasteiger partial charge >= 0.3 is 6.16 Å². The van der Waals surface area contributed by atoms with Gasteiger partial charge in [-0.1, -0.05) is 11.6 Å². The van der Waals surface area contributed by atoms with Crippen LogP contribution in [0, 0.1) is 0 Å². The molecule has 0 fully saturated rings. The van der Waals surface area contributed by atoms with E-state index in [2.05, 4.69) is 4.74 Å². The van der Waals surface area contributed by atoms with Crippen LogP contribution in [0.25, 0.3) is 0 Å². The molecule has 1 aromatic heterocycles. The van der Waals surface area contributed by atoms with E-state index >= 15 is 0 Å². The number of thiophene rings is 1. The molecule has 1 aliphatic heterocycles. The average molecular weight is 275 g/mol. The van der Waals surface area contributed by atoms with Crippen LogP contribution in [-0.2, 0) is 19.9 Å². The van der Waals surface area contributed by atoms with Crippen LogP contribution in [0.2, 0.25) is 4.34 Å². The molecule has 0 saturated heterocycles. The average Bonchev–Trinajstić information content (AvgIpc) is 2.73. The highest BCUT2D eigenvalue weighted by atomic mass is 35.5. The van der Waals surface area contributed by atoms with Gasteiger partial charge in [0.15, 0.2) is 5.60 Å². The normalized spacial score (nSPS) is 23.2. The summed E-state index contributed by atoms with van der Waals surface area (Å²) in [5.74, 6) is -0.712. The Labute approximate surface area is 105 Å². The predicted molar refractivity (Wildman–Crippen MR) is 60.0 cm³/mol. The van der Waals surface area contributed by atoms with E-state index in [0.717, 1.165) is 6.08 Å². The number of hydrogen-bond acceptors (Lipinski definition) is 5. The summed E-state index contributed by atoms with van der Waals surface area (Å²) in [6.45, 7) is 1.53. The molecule has 0 spiro atoms. The molecular formula is C10H7ClO5S. The second-order valence-corrected chi connectivity index (χ2v) is 5.01. The van der Waals surface area contributed by atoms with Gasteiger partial charge in [0.1, 0.15) is 0 Å². The van der Waals surface area contributed by atoms with Crippen molar-refractivity contribution in [1.29, 1.82) is 0 Å². The molecule has 1 unspecified atom stereocenters. The standard InChI is InChI=1S/C10H7ClO5S/c1-10(5-2-7(11)17-4-5)6(12)3-8(16-10)15-9(13)14/h2-4H,1H3,(H,13,14). The second kappa shape index (κ2) is 4.05. The van der Waals surface area contributed by atoms with E-state index in [1.54, 1.807) is 11.4 Å². The lowest BCUT2D eigenvalue weighted by atomic mass is 9.95. The van der Waals surface area contributed by atoms with E-state index in [4.69, 9.17) is 21.4 Å². The molecule has 0 bridgehead atoms. The Bertz CT molecular complexity index is 521. The van der Waals surface area contributed by atoms with E-state index in [1.165, 1.54) is 18.3 Å². The number of carbonyl (C=O) groups is 2. The number of rotatable bonds is 2. The topological polar surface area (TPSA) is 72.8 Å². The van der Waals surface area contributed by atoms with Crippen molar-refractivity contribution in [3.05, 3.63) is 33.4 Å². The number of carbonyl (C=O) groups excluding carboxylic acids is 1. The molecule has 2 heterocycles. The van der Waals surface area contributed by atoms with E-state index in [0.29, 0.717) is 9.90 Å². The third-order valence-electron chi connectivity index (χ3n) is 2.33. The molecule has 0 radical (unpaired) electrons. The maximum atomic E-state index is 11.8. The van der Waals surface area contributed by atoms with Gasteiger partial charge in [-0.2, -0.15) is 0 Å². The third kappa shape index (κ3) is 2.13. The fourth-order valence-electron chi connectivity index (χ4n) is 1.42. The third-order valence-corrected chi connectivity index (χ3v) is 3.42. The Morgan fingerprint density at radius 3 is 2.88 bits per heavy atom. The summed E-state index contributed by atoms with van der Waals surface area (Å²) in [5, 5.41) is 10.1. The van der Waals surface area contributed by atoms with Crippen molar-refractivity contribution < 1.29 is 24.2 Å². The van der Waals surface area contributed by atoms with Crippen LogP contribution < -0.4 is 0 Å². The zero-order valence-corrected chi connectivity index (χ0v) is 10.2. The van der Waals surface area contributed by atoms with Gasteiger partial charge in [-0.3, -0.25) is 4.79 Å². The first-order chi connectivity index (χ1) is 7.91. The molecular weight excluding hydrogens is 268 g/mol. The smallest absolute Gasteiger partial charge is 0.449 e. The molecule has 0 saturated carbocycles. The number of hydrogen-bond donors (Lipinski definition) is 1. The van der Waals surface area contributed by atoms with Gasteiger partial charge < -0.3 is 14.6 Å². The number of ether oxygens (including phenoxy) is 2. The Morgan fingerprint density at radius 2 is 2.35 bits per heavy atom. The minimum atomic E-state index is -1.53. The van der Waals surface area contributed by atoms with Crippen molar-refractivity contribution in [2.75, 3.05) is 0 Å². The highest BCUT2D eigenvalue weighted by molar-refractivity contribution is 7.14. The van der Waals surface area contributed by atoms with Crippen LogP contribution in [0.1, 0.15) is 12.5 Å². The first kappa shape index (κ1) is 11.9. The van der Waals surface area contributed by atoms with Gasteiger partial charge in [0.2, 0.25) is 5.78 Å². The van der Waals surface area contributed by atoms with Gasteiger partial charge in [0.25, 0.3) is 5.95 Å². The lowest BCUT2D eigenvalue weighted by molar-refractivity contribution is -0.132. The highest BCUT2D eigenvalue weighted by Gasteiger charge is 2.44. The molecule has 0 amide bonds. The zero-order valence-electron chi connectivity index (χ0n) is 8.60. The molecule has 1 aromatic rings. The lowest BCUT2D eigenvalue weighted by Crippen LogP contribution is -2.29. The monoisotopic (exact) mass is 274 g/mol. The molecule has 5 nitrogen and oxygen atoms in total. The van der Waals surface area contributed by atoms with Gasteiger partial charge in [0.05, 0.1) is 10.4 Å². The maximum absolute atomic E-state index is 11.8. The summed E-state index contributed by atoms with van der Waals surface area (Å²) in [6.07, 6.45) is -0.517. The SMILES string of the molecule is CC1(c2csc(Cl)c2)OC(OC(=O)O)=CC1=O. The van der Waals surface area contributed by atoms with Crippen LogP contribution in [0.5, 0.6) is 0 Å². The van der Waals surface area contributed by atoms with Crippen molar-refractivity contribution in [1.82, 2.24) is 0 Å². The van der Waals surface area contributed by atoms with Crippen LogP contribution in [0.15, 0.2) is 23.5 Å². The Hall–Kier alpha value is -1.53. The first-order valence-electron chi connectivity index (χ1n) is 4.52. The van der Waals surface area contributed by atoms with Crippen molar-refractivity contribution in [2.45, 2.75) is 12.5 Å². The summed E-state index contributed by atoms with van der Waals surface area (Å²) in [4.78, 5) is 22.1. The van der Waals surface area contributed by atoms with Gasteiger partial charge in [0, 0.05) is 5.56 Å². The van der Waals surface area contributed by atoms with Crippen LogP contribution in [-0.4, -0.2) is 17.0 Å². The number of ketones is 1. The van der Waals surface area contributed by atoms with Crippen LogP contribution in [0.3, 0.4) is 0 Å². The molecule has 7 heteroatoms. The highest BCUT2D eigenvalue weighted by Crippen LogP contribution is 2.38. The summed E-state index contributed by atoms with van der Waals surface area (Å²) >= 11 is 7.04. The molecule has 1 aliphatic rings. The van der Waals surface area contributed by atoms with Crippen LogP contribution in [0.4, 0.5) is 4.79 Å². The second-order valence-electron chi connectivity index (χ2n) is 3.47. The fourth-order valence-corrected chi connectivity index (χ4v) is 2.40. The van der Waals surface area contributed by atoms with Gasteiger partial charge in [-0.05, 0) is 18.4 Å². The Morgan fingerprint density at radius 1 is 1.65 bits per heavy atom. The van der Waals surface area contributed by atoms with Crippen LogP contribution >= 0.6 is 22.9 Å². The lowest BCUT2D eigenvalue weighted by Gasteiger charge is -2.21. The van der Waals surface area contributed by atoms with Gasteiger partial charge in [-0.15, -0.1) is 11.3 Å². The summed E-state index contributed by atoms with van der Waals surface area (Å²) in [5.41, 5.74) is -0.702. The first-order valence-corrected chi connectivity index (χ1v) is 5.78. The predicted octanol–water partition coefficient (Wildman–Crippen LogP) is 2.75. The van der Waals surface area contributed by atoms with Gasteiger partial charge in [-0.25, -0.2) is 4.79 Å². The zero-order chi connectivity index (χ0) is 12.6. The van der Waals surface area contributed by atoms with Crippen molar-refractivity contribution in [3.63, 3.8) is 0 Å². The molecule has 0 aliphatic carbocycles. The quantitative estimate of drug-likeness (QED) is 0.840. The van der Waals surface area contributed by atoms with E-state index < -0.39 is 11.8 Å². The van der Waals surface area contributed by atoms with Crippen molar-refractivity contribution in [3.8, 4) is 0 Å². The van der Waals surface area contributed by atoms with Crippen molar-refractivity contribution in [2.24, 2.45) is 0 Å². The Kier molecular flexibility index (Phi) is 2.84. The molecule has 1 atom stereocenters. The van der Waals surface area contributed by atoms with Crippen molar-refractivity contribution >= 4 is 34.9 Å². The molecule has 0 aromatic carbocycles. The summed E-state index contributed by atoms with van der Waals surface area (Å²) < 4.78 is 10.1. The number of halogens is 1. The maximum Gasteiger partial charge on any atom is 0.513 e. The molecule has 2 rings (SSSR count). The largest absolute Gasteiger partial charge is 0.513 e. The minimum absolute atomic E-state index is 0.327. The summed E-state index contributed by atoms with van der Waals surface area (Å²) in [6, 6.07) is 1.60. The Balaban J connectivity index is 2.25. The minimum Gasteiger partial charge on any atom is -0.449 e. The fraction of sp³-hybridized carbons (Fsp3) is 0.200. The molecule has 90 valence electrons. The van der Waals surface area contributed by atoms with E-state index in [-0.39, 0.29) is 11.7 Å². The molecule has 1 N–H and O–H groups in total. The molecule has 17 heavy (non-hydrogen) atoms. The van der Waals surface area contributed by atoms with E-state index in [1.807, 2.05) is 0 Å².